The lowest BCUT2D eigenvalue weighted by Gasteiger charge is -2.43. The molecular formula is C38H41NO6. The first-order chi connectivity index (χ1) is 21.6. The highest BCUT2D eigenvalue weighted by Crippen LogP contribution is 2.50. The highest BCUT2D eigenvalue weighted by molar-refractivity contribution is 5.89. The first-order valence-corrected chi connectivity index (χ1v) is 15.3. The molecule has 0 amide bonds. The van der Waals surface area contributed by atoms with Gasteiger partial charge in [-0.1, -0.05) is 48.5 Å². The molecule has 7 nitrogen and oxygen atoms in total. The molecule has 1 aliphatic heterocycles. The van der Waals surface area contributed by atoms with Crippen molar-refractivity contribution in [2.24, 2.45) is 0 Å². The normalized spacial score (nSPS) is 15.3. The van der Waals surface area contributed by atoms with Crippen LogP contribution in [-0.4, -0.2) is 50.4 Å². The van der Waals surface area contributed by atoms with Crippen LogP contribution in [0.5, 0.6) is 23.0 Å². The summed E-state index contributed by atoms with van der Waals surface area (Å²) in [6.45, 7) is 6.74. The molecule has 1 heterocycles. The van der Waals surface area contributed by atoms with Crippen molar-refractivity contribution in [2.45, 2.75) is 57.8 Å². The highest BCUT2D eigenvalue weighted by Gasteiger charge is 2.50. The van der Waals surface area contributed by atoms with Crippen LogP contribution in [0.3, 0.4) is 0 Å². The standard InChI is InChI=1S/C38H41NO6/c1-37(2,3)45-36(40)38(20-24-12-8-16-28(41-4)32(24)33-25(21-38)13-9-17-29(33)42-5)39-22-26-14-10-18-30(43-6)34(26)35-27(23-39)15-11-19-31(35)44-7/h8-19H,20-23H2,1-7H3. The smallest absolute Gasteiger partial charge is 0.327 e. The van der Waals surface area contributed by atoms with Crippen molar-refractivity contribution in [1.29, 1.82) is 0 Å². The van der Waals surface area contributed by atoms with E-state index in [9.17, 15) is 4.79 Å². The predicted molar refractivity (Wildman–Crippen MR) is 175 cm³/mol. The van der Waals surface area contributed by atoms with Gasteiger partial charge in [-0.15, -0.1) is 0 Å². The fourth-order valence-corrected chi connectivity index (χ4v) is 7.01. The maximum absolute atomic E-state index is 14.9. The topological polar surface area (TPSA) is 66.5 Å². The molecule has 4 aromatic rings. The van der Waals surface area contributed by atoms with Gasteiger partial charge in [0.25, 0.3) is 0 Å². The molecule has 0 spiro atoms. The third kappa shape index (κ3) is 5.29. The predicted octanol–water partition coefficient (Wildman–Crippen LogP) is 7.25. The second-order valence-electron chi connectivity index (χ2n) is 12.7. The molecule has 0 atom stereocenters. The van der Waals surface area contributed by atoms with Crippen molar-refractivity contribution in [3.8, 4) is 45.3 Å². The van der Waals surface area contributed by atoms with Gasteiger partial charge in [0.1, 0.15) is 34.1 Å². The Morgan fingerprint density at radius 3 is 1.24 bits per heavy atom. The van der Waals surface area contributed by atoms with E-state index in [0.29, 0.717) is 25.9 Å². The number of ether oxygens (including phenoxy) is 5. The van der Waals surface area contributed by atoms with Gasteiger partial charge in [0.05, 0.1) is 28.4 Å². The molecule has 7 heteroatoms. The summed E-state index contributed by atoms with van der Waals surface area (Å²) in [6.07, 6.45) is 0.815. The Morgan fingerprint density at radius 2 is 0.911 bits per heavy atom. The summed E-state index contributed by atoms with van der Waals surface area (Å²) in [7, 11) is 6.74. The monoisotopic (exact) mass is 607 g/mol. The number of methoxy groups -OCH3 is 4. The zero-order chi connectivity index (χ0) is 31.9. The second kappa shape index (κ2) is 11.8. The van der Waals surface area contributed by atoms with Gasteiger partial charge in [0.15, 0.2) is 0 Å². The highest BCUT2D eigenvalue weighted by atomic mass is 16.6. The fraction of sp³-hybridized carbons (Fsp3) is 0.342. The summed E-state index contributed by atoms with van der Waals surface area (Å²) < 4.78 is 30.0. The Labute approximate surface area is 265 Å². The summed E-state index contributed by atoms with van der Waals surface area (Å²) in [4.78, 5) is 17.2. The van der Waals surface area contributed by atoms with E-state index in [-0.39, 0.29) is 5.97 Å². The maximum Gasteiger partial charge on any atom is 0.327 e. The second-order valence-corrected chi connectivity index (χ2v) is 12.7. The Morgan fingerprint density at radius 1 is 0.578 bits per heavy atom. The number of hydrogen-bond acceptors (Lipinski definition) is 7. The summed E-state index contributed by atoms with van der Waals surface area (Å²) in [5.41, 5.74) is 6.13. The molecule has 2 aliphatic rings. The van der Waals surface area contributed by atoms with E-state index in [1.165, 1.54) is 0 Å². The van der Waals surface area contributed by atoms with E-state index >= 15 is 0 Å². The number of benzene rings is 4. The van der Waals surface area contributed by atoms with Crippen molar-refractivity contribution < 1.29 is 28.5 Å². The average molecular weight is 608 g/mol. The van der Waals surface area contributed by atoms with Crippen molar-refractivity contribution in [1.82, 2.24) is 4.90 Å². The van der Waals surface area contributed by atoms with Crippen molar-refractivity contribution >= 4 is 5.97 Å². The van der Waals surface area contributed by atoms with Crippen molar-refractivity contribution in [2.75, 3.05) is 28.4 Å². The van der Waals surface area contributed by atoms with E-state index in [2.05, 4.69) is 29.2 Å². The van der Waals surface area contributed by atoms with Gasteiger partial charge in [0.2, 0.25) is 0 Å². The molecule has 0 N–H and O–H groups in total. The zero-order valence-corrected chi connectivity index (χ0v) is 27.2. The molecule has 0 saturated carbocycles. The van der Waals surface area contributed by atoms with Crippen LogP contribution in [0.2, 0.25) is 0 Å². The summed E-state index contributed by atoms with van der Waals surface area (Å²) in [5, 5.41) is 0. The Bertz CT molecular complexity index is 1640. The van der Waals surface area contributed by atoms with E-state index in [4.69, 9.17) is 23.7 Å². The van der Waals surface area contributed by atoms with Crippen LogP contribution in [0.15, 0.2) is 72.8 Å². The molecule has 0 saturated heterocycles. The van der Waals surface area contributed by atoms with Gasteiger partial charge >= 0.3 is 5.97 Å². The number of fused-ring (bicyclic) bond motifs is 6. The van der Waals surface area contributed by atoms with Crippen LogP contribution in [0.1, 0.15) is 43.0 Å². The molecule has 234 valence electrons. The third-order valence-electron chi connectivity index (χ3n) is 8.90. The van der Waals surface area contributed by atoms with Gasteiger partial charge < -0.3 is 23.7 Å². The fourth-order valence-electron chi connectivity index (χ4n) is 7.01. The van der Waals surface area contributed by atoms with Gasteiger partial charge in [-0.3, -0.25) is 4.90 Å². The molecule has 0 unspecified atom stereocenters. The number of esters is 1. The molecule has 6 rings (SSSR count). The first kappa shape index (κ1) is 30.5. The largest absolute Gasteiger partial charge is 0.496 e. The maximum atomic E-state index is 14.9. The molecule has 0 radical (unpaired) electrons. The van der Waals surface area contributed by atoms with Crippen LogP contribution >= 0.6 is 0 Å². The van der Waals surface area contributed by atoms with E-state index in [0.717, 1.165) is 67.5 Å². The van der Waals surface area contributed by atoms with Crippen molar-refractivity contribution in [3.63, 3.8) is 0 Å². The zero-order valence-electron chi connectivity index (χ0n) is 27.2. The van der Waals surface area contributed by atoms with Gasteiger partial charge in [-0.25, -0.2) is 4.79 Å². The van der Waals surface area contributed by atoms with Crippen LogP contribution < -0.4 is 18.9 Å². The lowest BCUT2D eigenvalue weighted by atomic mass is 9.83. The van der Waals surface area contributed by atoms with Crippen LogP contribution in [0.25, 0.3) is 22.3 Å². The first-order valence-electron chi connectivity index (χ1n) is 15.3. The molecule has 0 bridgehead atoms. The lowest BCUT2D eigenvalue weighted by molar-refractivity contribution is -0.171. The number of carbonyl (C=O) groups is 1. The Balaban J connectivity index is 1.65. The van der Waals surface area contributed by atoms with E-state index in [1.54, 1.807) is 28.4 Å². The molecule has 0 aromatic heterocycles. The van der Waals surface area contributed by atoms with E-state index in [1.807, 2.05) is 69.3 Å². The minimum atomic E-state index is -1.09. The van der Waals surface area contributed by atoms with Crippen LogP contribution in [0, 0.1) is 0 Å². The number of nitrogens with zero attached hydrogens (tertiary/aromatic N) is 1. The van der Waals surface area contributed by atoms with Gasteiger partial charge in [0, 0.05) is 48.2 Å². The van der Waals surface area contributed by atoms with Gasteiger partial charge in [-0.2, -0.15) is 0 Å². The summed E-state index contributed by atoms with van der Waals surface area (Å²) in [5.74, 6) is 2.73. The quantitative estimate of drug-likeness (QED) is 0.214. The Kier molecular flexibility index (Phi) is 8.00. The summed E-state index contributed by atoms with van der Waals surface area (Å²) in [6, 6.07) is 24.3. The van der Waals surface area contributed by atoms with Crippen LogP contribution in [0.4, 0.5) is 0 Å². The molecule has 4 aromatic carbocycles. The summed E-state index contributed by atoms with van der Waals surface area (Å²) >= 11 is 0. The van der Waals surface area contributed by atoms with Gasteiger partial charge in [-0.05, 0) is 67.3 Å². The molecule has 1 aliphatic carbocycles. The van der Waals surface area contributed by atoms with E-state index < -0.39 is 11.1 Å². The average Bonchev–Trinajstić information content (AvgIpc) is 3.30. The van der Waals surface area contributed by atoms with Crippen molar-refractivity contribution in [3.05, 3.63) is 95.1 Å². The molecular weight excluding hydrogens is 566 g/mol. The minimum Gasteiger partial charge on any atom is -0.496 e. The number of rotatable bonds is 6. The molecule has 45 heavy (non-hydrogen) atoms. The minimum absolute atomic E-state index is 0.268. The number of hydrogen-bond donors (Lipinski definition) is 0. The number of carbonyl (C=O) groups excluding carboxylic acids is 1. The van der Waals surface area contributed by atoms with Crippen LogP contribution in [-0.2, 0) is 35.5 Å². The Hall–Kier alpha value is -4.49. The molecule has 0 fully saturated rings. The third-order valence-corrected chi connectivity index (χ3v) is 8.90. The SMILES string of the molecule is COc1cccc2c1-c1c(cccc1OC)CN(C1(C(=O)OC(C)(C)C)Cc3cccc(OC)c3-c3c(cccc3OC)C1)C2. The lowest BCUT2D eigenvalue weighted by Crippen LogP contribution is -2.58.